The number of hydrogen-bond acceptors (Lipinski definition) is 2. The molecule has 13 heavy (non-hydrogen) atoms. The van der Waals surface area contributed by atoms with Crippen LogP contribution in [0.5, 0.6) is 0 Å². The van der Waals surface area contributed by atoms with Crippen LogP contribution in [0, 0.1) is 6.92 Å². The maximum Gasteiger partial charge on any atom is 0.101 e. The second kappa shape index (κ2) is 4.28. The molecule has 1 aromatic rings. The first-order valence-electron chi connectivity index (χ1n) is 4.53. The lowest BCUT2D eigenvalue weighted by Gasteiger charge is -2.08. The summed E-state index contributed by atoms with van der Waals surface area (Å²) in [4.78, 5) is 0. The van der Waals surface area contributed by atoms with Gasteiger partial charge in [0.2, 0.25) is 0 Å². The number of aryl methyl sites for hydroxylation is 1. The molecule has 1 atom stereocenters. The second-order valence-corrected chi connectivity index (χ2v) is 3.31. The summed E-state index contributed by atoms with van der Waals surface area (Å²) in [5, 5.41) is 9.71. The van der Waals surface area contributed by atoms with Crippen LogP contribution in [0.15, 0.2) is 28.9 Å². The maximum atomic E-state index is 9.71. The Balaban J connectivity index is 2.58. The van der Waals surface area contributed by atoms with Crippen molar-refractivity contribution in [3.8, 4) is 0 Å². The van der Waals surface area contributed by atoms with Crippen molar-refractivity contribution in [1.82, 2.24) is 0 Å². The second-order valence-electron chi connectivity index (χ2n) is 3.31. The summed E-state index contributed by atoms with van der Waals surface area (Å²) < 4.78 is 5.11. The van der Waals surface area contributed by atoms with Crippen molar-refractivity contribution in [2.24, 2.45) is 0 Å². The van der Waals surface area contributed by atoms with Crippen LogP contribution in [0.1, 0.15) is 37.2 Å². The molecule has 0 aliphatic rings. The summed E-state index contributed by atoms with van der Waals surface area (Å²) in [7, 11) is 0. The van der Waals surface area contributed by atoms with Gasteiger partial charge in [-0.25, -0.2) is 0 Å². The van der Waals surface area contributed by atoms with Gasteiger partial charge in [0.25, 0.3) is 0 Å². The summed E-state index contributed by atoms with van der Waals surface area (Å²) in [6, 6.07) is 1.85. The van der Waals surface area contributed by atoms with Crippen LogP contribution in [-0.4, -0.2) is 5.11 Å². The van der Waals surface area contributed by atoms with E-state index < -0.39 is 6.10 Å². The van der Waals surface area contributed by atoms with Gasteiger partial charge in [0.1, 0.15) is 5.76 Å². The van der Waals surface area contributed by atoms with Crippen molar-refractivity contribution in [1.29, 1.82) is 0 Å². The average molecular weight is 180 g/mol. The van der Waals surface area contributed by atoms with E-state index in [-0.39, 0.29) is 0 Å². The Morgan fingerprint density at radius 2 is 2.38 bits per heavy atom. The Labute approximate surface area is 78.9 Å². The zero-order valence-electron chi connectivity index (χ0n) is 8.21. The van der Waals surface area contributed by atoms with Crippen molar-refractivity contribution in [3.63, 3.8) is 0 Å². The Morgan fingerprint density at radius 1 is 1.69 bits per heavy atom. The van der Waals surface area contributed by atoms with E-state index in [2.05, 4.69) is 6.58 Å². The fraction of sp³-hybridized carbons (Fsp3) is 0.455. The Bertz CT molecular complexity index is 286. The highest BCUT2D eigenvalue weighted by Crippen LogP contribution is 2.23. The molecule has 1 heterocycles. The van der Waals surface area contributed by atoms with Crippen LogP contribution in [0.3, 0.4) is 0 Å². The third kappa shape index (κ3) is 2.74. The monoisotopic (exact) mass is 180 g/mol. The first-order valence-corrected chi connectivity index (χ1v) is 4.53. The average Bonchev–Trinajstić information content (AvgIpc) is 2.51. The predicted octanol–water partition coefficient (Wildman–Crippen LogP) is 2.98. The molecule has 0 aromatic carbocycles. The molecule has 0 fully saturated rings. The van der Waals surface area contributed by atoms with Gasteiger partial charge in [0.05, 0.1) is 12.4 Å². The van der Waals surface area contributed by atoms with Gasteiger partial charge in [-0.1, -0.05) is 19.1 Å². The van der Waals surface area contributed by atoms with Gasteiger partial charge in [-0.2, -0.15) is 0 Å². The normalized spacial score (nSPS) is 12.8. The van der Waals surface area contributed by atoms with Crippen molar-refractivity contribution in [2.75, 3.05) is 0 Å². The van der Waals surface area contributed by atoms with Crippen molar-refractivity contribution in [3.05, 3.63) is 35.8 Å². The fourth-order valence-corrected chi connectivity index (χ4v) is 1.17. The molecule has 0 radical (unpaired) electrons. The molecule has 2 heteroatoms. The molecule has 1 unspecified atom stereocenters. The topological polar surface area (TPSA) is 33.4 Å². The van der Waals surface area contributed by atoms with E-state index in [1.54, 1.807) is 6.26 Å². The third-order valence-corrected chi connectivity index (χ3v) is 2.12. The first-order chi connectivity index (χ1) is 6.13. The van der Waals surface area contributed by atoms with Crippen LogP contribution in [-0.2, 0) is 0 Å². The molecule has 0 aliphatic heterocycles. The van der Waals surface area contributed by atoms with Crippen LogP contribution in [0.25, 0.3) is 0 Å². The minimum absolute atomic E-state index is 0.468. The van der Waals surface area contributed by atoms with E-state index in [1.807, 2.05) is 19.9 Å². The summed E-state index contributed by atoms with van der Waals surface area (Å²) in [6.45, 7) is 7.76. The Hall–Kier alpha value is -1.02. The molecular formula is C11H16O2. The number of hydrogen-bond donors (Lipinski definition) is 1. The van der Waals surface area contributed by atoms with Gasteiger partial charge in [-0.15, -0.1) is 0 Å². The van der Waals surface area contributed by atoms with Crippen LogP contribution in [0.4, 0.5) is 0 Å². The molecule has 1 rings (SSSR count). The molecule has 1 aromatic heterocycles. The van der Waals surface area contributed by atoms with Crippen molar-refractivity contribution < 1.29 is 9.52 Å². The predicted molar refractivity (Wildman–Crippen MR) is 52.5 cm³/mol. The fourth-order valence-electron chi connectivity index (χ4n) is 1.17. The summed E-state index contributed by atoms with van der Waals surface area (Å²) in [5.41, 5.74) is 1.90. The van der Waals surface area contributed by atoms with Gasteiger partial charge < -0.3 is 9.52 Å². The molecule has 0 saturated heterocycles. The van der Waals surface area contributed by atoms with Crippen molar-refractivity contribution >= 4 is 0 Å². The molecule has 72 valence electrons. The SMILES string of the molecule is C=C(CC)CC(O)c1coc(C)c1. The summed E-state index contributed by atoms with van der Waals surface area (Å²) in [6.07, 6.45) is 2.66. The van der Waals surface area contributed by atoms with E-state index in [0.717, 1.165) is 23.3 Å². The van der Waals surface area contributed by atoms with E-state index in [9.17, 15) is 5.11 Å². The zero-order chi connectivity index (χ0) is 9.84. The minimum atomic E-state index is -0.468. The lowest BCUT2D eigenvalue weighted by molar-refractivity contribution is 0.176. The van der Waals surface area contributed by atoms with Crippen LogP contribution < -0.4 is 0 Å². The number of aliphatic hydroxyl groups excluding tert-OH is 1. The lowest BCUT2D eigenvalue weighted by Crippen LogP contribution is -1.96. The largest absolute Gasteiger partial charge is 0.469 e. The van der Waals surface area contributed by atoms with Crippen LogP contribution >= 0.6 is 0 Å². The van der Waals surface area contributed by atoms with Gasteiger partial charge in [0.15, 0.2) is 0 Å². The summed E-state index contributed by atoms with van der Waals surface area (Å²) >= 11 is 0. The molecule has 0 bridgehead atoms. The van der Waals surface area contributed by atoms with Gasteiger partial charge in [-0.3, -0.25) is 0 Å². The molecule has 0 saturated carbocycles. The highest BCUT2D eigenvalue weighted by atomic mass is 16.3. The number of rotatable bonds is 4. The standard InChI is InChI=1S/C11H16O2/c1-4-8(2)5-11(12)10-6-9(3)13-7-10/h6-7,11-12H,2,4-5H2,1,3H3. The van der Waals surface area contributed by atoms with Crippen molar-refractivity contribution in [2.45, 2.75) is 32.8 Å². The third-order valence-electron chi connectivity index (χ3n) is 2.12. The minimum Gasteiger partial charge on any atom is -0.469 e. The first kappa shape index (κ1) is 10.1. The van der Waals surface area contributed by atoms with Gasteiger partial charge in [-0.05, 0) is 25.8 Å². The quantitative estimate of drug-likeness (QED) is 0.722. The zero-order valence-corrected chi connectivity index (χ0v) is 8.21. The van der Waals surface area contributed by atoms with Gasteiger partial charge in [0, 0.05) is 5.56 Å². The summed E-state index contributed by atoms with van der Waals surface area (Å²) in [5.74, 6) is 0.830. The Morgan fingerprint density at radius 3 is 2.85 bits per heavy atom. The van der Waals surface area contributed by atoms with E-state index >= 15 is 0 Å². The molecule has 0 spiro atoms. The smallest absolute Gasteiger partial charge is 0.101 e. The highest BCUT2D eigenvalue weighted by Gasteiger charge is 2.10. The van der Waals surface area contributed by atoms with Crippen LogP contribution in [0.2, 0.25) is 0 Å². The maximum absolute atomic E-state index is 9.71. The number of aliphatic hydroxyl groups is 1. The lowest BCUT2D eigenvalue weighted by atomic mass is 10.0. The van der Waals surface area contributed by atoms with E-state index in [4.69, 9.17) is 4.42 Å². The molecule has 0 amide bonds. The molecule has 2 nitrogen and oxygen atoms in total. The van der Waals surface area contributed by atoms with E-state index in [1.165, 1.54) is 0 Å². The van der Waals surface area contributed by atoms with Gasteiger partial charge >= 0.3 is 0 Å². The Kier molecular flexibility index (Phi) is 3.32. The molecule has 0 aliphatic carbocycles. The van der Waals surface area contributed by atoms with E-state index in [0.29, 0.717) is 6.42 Å². The molecular weight excluding hydrogens is 164 g/mol. The molecule has 1 N–H and O–H groups in total. The highest BCUT2D eigenvalue weighted by molar-refractivity contribution is 5.16. The number of furan rings is 1.